The molecule has 154 valence electrons. The SMILES string of the molecule is Cc1ccc(-c2nc3ccc(C)cn3c2C(C=O)c2scc(S(C)(=O)=O)c2Cl)cc1. The van der Waals surface area contributed by atoms with E-state index in [0.717, 1.165) is 29.2 Å². The Bertz CT molecular complexity index is 1370. The van der Waals surface area contributed by atoms with Crippen molar-refractivity contribution in [2.75, 3.05) is 6.26 Å². The fourth-order valence-corrected chi connectivity index (χ4v) is 6.46. The highest BCUT2D eigenvalue weighted by atomic mass is 35.5. The number of imidazole rings is 1. The number of carbonyl (C=O) groups is 1. The van der Waals surface area contributed by atoms with Gasteiger partial charge in [-0.25, -0.2) is 13.4 Å². The van der Waals surface area contributed by atoms with Crippen LogP contribution in [0.5, 0.6) is 0 Å². The van der Waals surface area contributed by atoms with Crippen molar-refractivity contribution in [1.82, 2.24) is 9.38 Å². The Kier molecular flexibility index (Phi) is 5.30. The summed E-state index contributed by atoms with van der Waals surface area (Å²) in [6.07, 6.45) is 3.83. The van der Waals surface area contributed by atoms with Crippen LogP contribution in [0.15, 0.2) is 52.9 Å². The second-order valence-electron chi connectivity index (χ2n) is 7.31. The van der Waals surface area contributed by atoms with E-state index in [9.17, 15) is 13.2 Å². The Morgan fingerprint density at radius 1 is 1.10 bits per heavy atom. The maximum absolute atomic E-state index is 12.3. The van der Waals surface area contributed by atoms with Crippen molar-refractivity contribution >= 4 is 44.7 Å². The molecule has 3 aromatic heterocycles. The monoisotopic (exact) mass is 458 g/mol. The summed E-state index contributed by atoms with van der Waals surface area (Å²) in [4.78, 5) is 17.6. The first-order valence-corrected chi connectivity index (χ1v) is 12.3. The molecule has 0 saturated carbocycles. The molecule has 0 bridgehead atoms. The van der Waals surface area contributed by atoms with E-state index in [0.29, 0.717) is 21.9 Å². The number of pyridine rings is 1. The van der Waals surface area contributed by atoms with Crippen LogP contribution in [0.25, 0.3) is 16.9 Å². The van der Waals surface area contributed by atoms with Gasteiger partial charge in [0, 0.05) is 28.3 Å². The number of thiophene rings is 1. The third kappa shape index (κ3) is 3.57. The van der Waals surface area contributed by atoms with Gasteiger partial charge in [0.05, 0.1) is 27.2 Å². The van der Waals surface area contributed by atoms with E-state index in [1.807, 2.05) is 60.8 Å². The number of halogens is 1. The molecular weight excluding hydrogens is 440 g/mol. The van der Waals surface area contributed by atoms with E-state index in [4.69, 9.17) is 16.6 Å². The number of aryl methyl sites for hydroxylation is 2. The lowest BCUT2D eigenvalue weighted by molar-refractivity contribution is -0.108. The zero-order valence-electron chi connectivity index (χ0n) is 16.6. The normalized spacial score (nSPS) is 12.9. The zero-order valence-corrected chi connectivity index (χ0v) is 19.0. The minimum absolute atomic E-state index is 0.0397. The van der Waals surface area contributed by atoms with E-state index in [1.54, 1.807) is 0 Å². The molecule has 3 heterocycles. The molecule has 30 heavy (non-hydrogen) atoms. The van der Waals surface area contributed by atoms with Crippen molar-refractivity contribution in [2.24, 2.45) is 0 Å². The molecule has 0 fully saturated rings. The molecule has 4 rings (SSSR count). The summed E-state index contributed by atoms with van der Waals surface area (Å²) in [6, 6.07) is 11.8. The van der Waals surface area contributed by atoms with Crippen molar-refractivity contribution in [3.05, 3.63) is 74.7 Å². The standard InChI is InChI=1S/C22H19ClN2O3S2/c1-13-4-7-15(8-5-13)20-21(25-10-14(2)6-9-18(25)24-20)16(11-26)22-19(23)17(12-29-22)30(3,27)28/h4-12,16H,1-3H3. The summed E-state index contributed by atoms with van der Waals surface area (Å²) < 4.78 is 26.0. The van der Waals surface area contributed by atoms with Gasteiger partial charge >= 0.3 is 0 Å². The van der Waals surface area contributed by atoms with Crippen LogP contribution in [0.4, 0.5) is 0 Å². The summed E-state index contributed by atoms with van der Waals surface area (Å²) in [5, 5.41) is 1.58. The predicted octanol–water partition coefficient (Wildman–Crippen LogP) is 5.07. The van der Waals surface area contributed by atoms with E-state index in [1.165, 1.54) is 16.7 Å². The van der Waals surface area contributed by atoms with Crippen LogP contribution in [0, 0.1) is 13.8 Å². The summed E-state index contributed by atoms with van der Waals surface area (Å²) in [6.45, 7) is 3.97. The first-order valence-electron chi connectivity index (χ1n) is 9.18. The molecule has 0 amide bonds. The Labute approximate surface area is 183 Å². The third-order valence-corrected chi connectivity index (χ3v) is 7.93. The summed E-state index contributed by atoms with van der Waals surface area (Å²) >= 11 is 7.61. The lowest BCUT2D eigenvalue weighted by atomic mass is 9.99. The molecule has 0 saturated heterocycles. The maximum atomic E-state index is 12.3. The lowest BCUT2D eigenvalue weighted by Gasteiger charge is -2.13. The smallest absolute Gasteiger partial charge is 0.177 e. The second kappa shape index (κ2) is 7.65. The van der Waals surface area contributed by atoms with Gasteiger partial charge in [-0.05, 0) is 25.5 Å². The number of benzene rings is 1. The van der Waals surface area contributed by atoms with Crippen LogP contribution >= 0.6 is 22.9 Å². The first-order chi connectivity index (χ1) is 14.2. The van der Waals surface area contributed by atoms with Crippen LogP contribution in [0.3, 0.4) is 0 Å². The molecule has 1 atom stereocenters. The Morgan fingerprint density at radius 3 is 2.37 bits per heavy atom. The Morgan fingerprint density at radius 2 is 1.77 bits per heavy atom. The molecule has 0 N–H and O–H groups in total. The minimum Gasteiger partial charge on any atom is -0.302 e. The average molecular weight is 459 g/mol. The van der Waals surface area contributed by atoms with Crippen LogP contribution < -0.4 is 0 Å². The van der Waals surface area contributed by atoms with Crippen molar-refractivity contribution in [2.45, 2.75) is 24.7 Å². The van der Waals surface area contributed by atoms with E-state index in [2.05, 4.69) is 0 Å². The fraction of sp³-hybridized carbons (Fsp3) is 0.182. The highest BCUT2D eigenvalue weighted by Gasteiger charge is 2.29. The Balaban J connectivity index is 2.01. The van der Waals surface area contributed by atoms with Crippen molar-refractivity contribution in [3.63, 3.8) is 0 Å². The average Bonchev–Trinajstić information content (AvgIpc) is 3.25. The minimum atomic E-state index is -3.50. The predicted molar refractivity (Wildman–Crippen MR) is 120 cm³/mol. The molecule has 1 aromatic carbocycles. The van der Waals surface area contributed by atoms with Crippen molar-refractivity contribution in [1.29, 1.82) is 0 Å². The van der Waals surface area contributed by atoms with E-state index < -0.39 is 15.8 Å². The van der Waals surface area contributed by atoms with Crippen molar-refractivity contribution < 1.29 is 13.2 Å². The molecule has 4 aromatic rings. The topological polar surface area (TPSA) is 68.5 Å². The van der Waals surface area contributed by atoms with Crippen LogP contribution in [0.2, 0.25) is 5.02 Å². The Hall–Kier alpha value is -2.48. The quantitative estimate of drug-likeness (QED) is 0.391. The molecule has 0 aliphatic carbocycles. The largest absolute Gasteiger partial charge is 0.302 e. The van der Waals surface area contributed by atoms with Gasteiger partial charge < -0.3 is 9.20 Å². The van der Waals surface area contributed by atoms with Gasteiger partial charge in [0.2, 0.25) is 0 Å². The van der Waals surface area contributed by atoms with Crippen LogP contribution in [-0.2, 0) is 14.6 Å². The molecule has 1 unspecified atom stereocenters. The molecule has 8 heteroatoms. The highest BCUT2D eigenvalue weighted by molar-refractivity contribution is 7.91. The van der Waals surface area contributed by atoms with Gasteiger partial charge in [0.25, 0.3) is 0 Å². The molecule has 0 radical (unpaired) electrons. The first kappa shape index (κ1) is 20.8. The number of rotatable bonds is 5. The van der Waals surface area contributed by atoms with Crippen LogP contribution in [0.1, 0.15) is 27.6 Å². The number of aldehydes is 1. The van der Waals surface area contributed by atoms with Gasteiger partial charge in [-0.1, -0.05) is 47.5 Å². The fourth-order valence-electron chi connectivity index (χ4n) is 3.44. The summed E-state index contributed by atoms with van der Waals surface area (Å²) in [7, 11) is -3.50. The lowest BCUT2D eigenvalue weighted by Crippen LogP contribution is -2.07. The molecule has 0 aliphatic heterocycles. The number of hydrogen-bond donors (Lipinski definition) is 0. The van der Waals surface area contributed by atoms with E-state index in [-0.39, 0.29) is 9.92 Å². The highest BCUT2D eigenvalue weighted by Crippen LogP contribution is 2.41. The van der Waals surface area contributed by atoms with E-state index >= 15 is 0 Å². The van der Waals surface area contributed by atoms with Gasteiger partial charge in [0.1, 0.15) is 11.9 Å². The summed E-state index contributed by atoms with van der Waals surface area (Å²) in [5.74, 6) is -0.758. The third-order valence-electron chi connectivity index (χ3n) is 4.97. The maximum Gasteiger partial charge on any atom is 0.177 e. The van der Waals surface area contributed by atoms with Crippen LogP contribution in [-0.4, -0.2) is 30.3 Å². The summed E-state index contributed by atoms with van der Waals surface area (Å²) in [5.41, 5.74) is 5.04. The van der Waals surface area contributed by atoms with Gasteiger partial charge in [-0.2, -0.15) is 0 Å². The molecule has 5 nitrogen and oxygen atoms in total. The second-order valence-corrected chi connectivity index (χ2v) is 10.6. The van der Waals surface area contributed by atoms with Gasteiger partial charge in [0.15, 0.2) is 9.84 Å². The number of sulfone groups is 1. The van der Waals surface area contributed by atoms with Gasteiger partial charge in [-0.15, -0.1) is 11.3 Å². The number of carbonyl (C=O) groups excluding carboxylic acids is 1. The zero-order chi connectivity index (χ0) is 21.6. The number of aromatic nitrogens is 2. The van der Waals surface area contributed by atoms with Crippen molar-refractivity contribution in [3.8, 4) is 11.3 Å². The molecule has 0 aliphatic rings. The molecular formula is C22H19ClN2O3S2. The number of hydrogen-bond acceptors (Lipinski definition) is 5. The number of nitrogens with zero attached hydrogens (tertiary/aromatic N) is 2. The van der Waals surface area contributed by atoms with Gasteiger partial charge in [-0.3, -0.25) is 0 Å². The number of fused-ring (bicyclic) bond motifs is 1. The molecule has 0 spiro atoms.